The number of nitrogens with zero attached hydrogens (tertiary/aromatic N) is 3. The quantitative estimate of drug-likeness (QED) is 0.278. The summed E-state index contributed by atoms with van der Waals surface area (Å²) in [5.74, 6) is 0. The lowest BCUT2D eigenvalue weighted by atomic mass is 10.0. The van der Waals surface area contributed by atoms with E-state index in [1.165, 1.54) is 58.2 Å². The third kappa shape index (κ3) is 7.28. The molecule has 28 heavy (non-hydrogen) atoms. The van der Waals surface area contributed by atoms with Gasteiger partial charge in [0.1, 0.15) is 0 Å². The van der Waals surface area contributed by atoms with Crippen LogP contribution in [0.3, 0.4) is 0 Å². The minimum absolute atomic E-state index is 0.235. The Morgan fingerprint density at radius 1 is 0.464 bits per heavy atom. The lowest BCUT2D eigenvalue weighted by molar-refractivity contribution is 0.0895. The van der Waals surface area contributed by atoms with Gasteiger partial charge in [-0.3, -0.25) is 0 Å². The first kappa shape index (κ1) is 28.4. The third-order valence-corrected chi connectivity index (χ3v) is 11.7. The molecule has 0 aromatic heterocycles. The summed E-state index contributed by atoms with van der Waals surface area (Å²) in [4.78, 5) is 0. The minimum atomic E-state index is -1.56. The molecule has 0 fully saturated rings. The summed E-state index contributed by atoms with van der Waals surface area (Å²) in [6.45, 7) is 32.7. The van der Waals surface area contributed by atoms with Crippen LogP contribution in [0.5, 0.6) is 0 Å². The van der Waals surface area contributed by atoms with E-state index in [-0.39, 0.29) is 16.6 Å². The van der Waals surface area contributed by atoms with Gasteiger partial charge in [0.15, 0.2) is 0 Å². The van der Waals surface area contributed by atoms with Crippen LogP contribution in [0.4, 0.5) is 0 Å². The van der Waals surface area contributed by atoms with E-state index in [1.807, 2.05) is 0 Å². The monoisotopic (exact) mass is 411 g/mol. The maximum atomic E-state index is 2.97. The van der Waals surface area contributed by atoms with Gasteiger partial charge >= 0.3 is 14.8 Å². The first-order valence-corrected chi connectivity index (χ1v) is 13.7. The van der Waals surface area contributed by atoms with Gasteiger partial charge in [-0.05, 0) is 116 Å². The van der Waals surface area contributed by atoms with Gasteiger partial charge in [0.2, 0.25) is 0 Å². The predicted octanol–water partition coefficient (Wildman–Crippen LogP) is 6.67. The fourth-order valence-corrected chi connectivity index (χ4v) is 8.93. The van der Waals surface area contributed by atoms with Crippen LogP contribution in [0.2, 0.25) is 0 Å². The maximum Gasteiger partial charge on any atom is 0.610 e. The molecular formula is C24H54AlN3. The Bertz CT molecular complexity index is 358. The molecule has 0 aliphatic heterocycles. The van der Waals surface area contributed by atoms with E-state index in [4.69, 9.17) is 0 Å². The van der Waals surface area contributed by atoms with E-state index < -0.39 is 14.8 Å². The van der Waals surface area contributed by atoms with Crippen molar-refractivity contribution in [3.05, 3.63) is 0 Å². The van der Waals surface area contributed by atoms with Gasteiger partial charge in [-0.1, -0.05) is 41.5 Å². The molecule has 0 aliphatic rings. The van der Waals surface area contributed by atoms with Crippen molar-refractivity contribution in [2.45, 2.75) is 138 Å². The zero-order valence-corrected chi connectivity index (χ0v) is 22.9. The Hall–Kier alpha value is 0.412. The molecule has 3 nitrogen and oxygen atoms in total. The molecule has 0 aliphatic carbocycles. The van der Waals surface area contributed by atoms with Gasteiger partial charge in [-0.25, -0.2) is 0 Å². The average Bonchev–Trinajstić information content (AvgIpc) is 2.65. The highest BCUT2D eigenvalue weighted by atomic mass is 27.2. The van der Waals surface area contributed by atoms with Gasteiger partial charge in [0, 0.05) is 0 Å². The second kappa shape index (κ2) is 12.3. The highest BCUT2D eigenvalue weighted by molar-refractivity contribution is 6.50. The van der Waals surface area contributed by atoms with E-state index in [0.29, 0.717) is 0 Å². The first-order chi connectivity index (χ1) is 12.9. The van der Waals surface area contributed by atoms with Crippen LogP contribution < -0.4 is 0 Å². The fraction of sp³-hybridized carbons (Fsp3) is 1.00. The molecule has 0 radical (unpaired) electrons. The Morgan fingerprint density at radius 3 is 0.821 bits per heavy atom. The summed E-state index contributed by atoms with van der Waals surface area (Å²) in [5, 5.41) is 0. The SMILES string of the molecule is CCC[N]([Al]([N](CCC)C(C)(C)CC)[N](CCC)C(C)(C)CC)C(C)(C)CC. The molecule has 0 unspecified atom stereocenters. The van der Waals surface area contributed by atoms with Crippen molar-refractivity contribution in [2.75, 3.05) is 19.6 Å². The van der Waals surface area contributed by atoms with E-state index in [1.54, 1.807) is 0 Å². The number of rotatable bonds is 15. The van der Waals surface area contributed by atoms with E-state index >= 15 is 0 Å². The highest BCUT2D eigenvalue weighted by Gasteiger charge is 2.52. The maximum absolute atomic E-state index is 2.97. The molecule has 0 rings (SSSR count). The van der Waals surface area contributed by atoms with Crippen LogP contribution in [-0.2, 0) is 0 Å². The topological polar surface area (TPSA) is 9.72 Å². The first-order valence-electron chi connectivity index (χ1n) is 12.2. The molecule has 0 atom stereocenters. The van der Waals surface area contributed by atoms with Gasteiger partial charge in [0.05, 0.1) is 0 Å². The smallest absolute Gasteiger partial charge is 0.352 e. The van der Waals surface area contributed by atoms with E-state index in [9.17, 15) is 0 Å². The molecule has 0 saturated carbocycles. The van der Waals surface area contributed by atoms with E-state index in [2.05, 4.69) is 94.7 Å². The Labute approximate surface area is 184 Å². The Balaban J connectivity index is 6.67. The average molecular weight is 412 g/mol. The zero-order valence-electron chi connectivity index (χ0n) is 21.8. The van der Waals surface area contributed by atoms with Gasteiger partial charge < -0.3 is 11.7 Å². The summed E-state index contributed by atoms with van der Waals surface area (Å²) in [7, 11) is 0. The van der Waals surface area contributed by atoms with Crippen LogP contribution in [0.15, 0.2) is 0 Å². The fourth-order valence-electron chi connectivity index (χ4n) is 4.03. The Morgan fingerprint density at radius 2 is 0.679 bits per heavy atom. The molecule has 0 aromatic rings. The summed E-state index contributed by atoms with van der Waals surface area (Å²) < 4.78 is 8.90. The summed E-state index contributed by atoms with van der Waals surface area (Å²) in [6, 6.07) is 0. The normalized spacial score (nSPS) is 13.8. The number of hydrogen-bond acceptors (Lipinski definition) is 3. The van der Waals surface area contributed by atoms with Crippen LogP contribution in [0, 0.1) is 0 Å². The molecule has 0 heterocycles. The number of hydrogen-bond donors (Lipinski definition) is 0. The highest BCUT2D eigenvalue weighted by Crippen LogP contribution is 2.33. The summed E-state index contributed by atoms with van der Waals surface area (Å²) in [5.41, 5.74) is 0.704. The zero-order chi connectivity index (χ0) is 22.2. The van der Waals surface area contributed by atoms with E-state index in [0.717, 1.165) is 0 Å². The van der Waals surface area contributed by atoms with Crippen molar-refractivity contribution in [1.29, 1.82) is 0 Å². The predicted molar refractivity (Wildman–Crippen MR) is 130 cm³/mol. The molecule has 0 spiro atoms. The van der Waals surface area contributed by atoms with Crippen LogP contribution in [-0.4, -0.2) is 62.7 Å². The largest absolute Gasteiger partial charge is 0.610 e. The Kier molecular flexibility index (Phi) is 12.5. The van der Waals surface area contributed by atoms with Crippen LogP contribution in [0.25, 0.3) is 0 Å². The molecule has 0 aromatic carbocycles. The summed E-state index contributed by atoms with van der Waals surface area (Å²) >= 11 is -1.56. The molecule has 4 heteroatoms. The van der Waals surface area contributed by atoms with Gasteiger partial charge in [-0.15, -0.1) is 0 Å². The van der Waals surface area contributed by atoms with Gasteiger partial charge in [0.25, 0.3) is 0 Å². The van der Waals surface area contributed by atoms with Crippen LogP contribution >= 0.6 is 0 Å². The lowest BCUT2D eigenvalue weighted by Crippen LogP contribution is -2.74. The molecular weight excluding hydrogens is 357 g/mol. The van der Waals surface area contributed by atoms with Crippen molar-refractivity contribution < 1.29 is 0 Å². The van der Waals surface area contributed by atoms with Crippen molar-refractivity contribution in [1.82, 2.24) is 11.7 Å². The van der Waals surface area contributed by atoms with Gasteiger partial charge in [-0.2, -0.15) is 0 Å². The summed E-state index contributed by atoms with van der Waals surface area (Å²) in [6.07, 6.45) is 7.30. The minimum Gasteiger partial charge on any atom is -0.352 e. The van der Waals surface area contributed by atoms with Crippen molar-refractivity contribution in [3.63, 3.8) is 0 Å². The molecule has 168 valence electrons. The van der Waals surface area contributed by atoms with Crippen molar-refractivity contribution in [2.24, 2.45) is 0 Å². The third-order valence-electron chi connectivity index (χ3n) is 7.16. The molecule has 0 amide bonds. The van der Waals surface area contributed by atoms with Crippen molar-refractivity contribution in [3.8, 4) is 0 Å². The second-order valence-electron chi connectivity index (χ2n) is 10.4. The van der Waals surface area contributed by atoms with Crippen molar-refractivity contribution >= 4 is 14.8 Å². The second-order valence-corrected chi connectivity index (χ2v) is 13.0. The van der Waals surface area contributed by atoms with Crippen LogP contribution in [0.1, 0.15) is 122 Å². The molecule has 0 N–H and O–H groups in total. The molecule has 0 saturated heterocycles. The molecule has 0 bridgehead atoms. The standard InChI is InChI=1S/3C8H18N.Al/c3*1-5-7-9-8(3,4)6-2;/h3*5-7H2,1-4H3;/q3*-1;+3. The lowest BCUT2D eigenvalue weighted by Gasteiger charge is -2.56.